The summed E-state index contributed by atoms with van der Waals surface area (Å²) in [5, 5.41) is 4.84. The van der Waals surface area contributed by atoms with Crippen LogP contribution in [0.2, 0.25) is 10.0 Å². The molecular weight excluding hydrogens is 257 g/mol. The van der Waals surface area contributed by atoms with Gasteiger partial charge in [-0.15, -0.1) is 0 Å². The van der Waals surface area contributed by atoms with Crippen LogP contribution >= 0.6 is 23.2 Å². The lowest BCUT2D eigenvalue weighted by molar-refractivity contribution is 0.0664. The van der Waals surface area contributed by atoms with Crippen LogP contribution in [0, 0.1) is 0 Å². The van der Waals surface area contributed by atoms with Gasteiger partial charge in [0.2, 0.25) is 0 Å². The van der Waals surface area contributed by atoms with E-state index in [1.54, 1.807) is 6.07 Å². The van der Waals surface area contributed by atoms with Gasteiger partial charge in [-0.05, 0) is 25.0 Å². The molecule has 0 spiro atoms. The van der Waals surface area contributed by atoms with E-state index in [2.05, 4.69) is 12.2 Å². The highest BCUT2D eigenvalue weighted by molar-refractivity contribution is 6.35. The first-order valence-electron chi connectivity index (χ1n) is 6.00. The summed E-state index contributed by atoms with van der Waals surface area (Å²) in [5.41, 5.74) is 1.01. The van der Waals surface area contributed by atoms with Crippen LogP contribution in [0.1, 0.15) is 31.4 Å². The highest BCUT2D eigenvalue weighted by Gasteiger charge is 2.20. The van der Waals surface area contributed by atoms with Crippen LogP contribution in [0.5, 0.6) is 0 Å². The Balaban J connectivity index is 2.11. The number of halogens is 2. The Morgan fingerprint density at radius 1 is 1.41 bits per heavy atom. The van der Waals surface area contributed by atoms with E-state index in [1.807, 2.05) is 12.1 Å². The van der Waals surface area contributed by atoms with Gasteiger partial charge in [-0.1, -0.05) is 36.2 Å². The minimum Gasteiger partial charge on any atom is -0.372 e. The van der Waals surface area contributed by atoms with Crippen molar-refractivity contribution in [3.63, 3.8) is 0 Å². The van der Waals surface area contributed by atoms with Gasteiger partial charge in [0.05, 0.1) is 6.10 Å². The van der Waals surface area contributed by atoms with Crippen LogP contribution in [0.15, 0.2) is 18.2 Å². The Hall–Kier alpha value is -0.280. The third-order valence-electron chi connectivity index (χ3n) is 3.18. The first-order chi connectivity index (χ1) is 8.20. The molecule has 2 nitrogen and oxygen atoms in total. The van der Waals surface area contributed by atoms with Gasteiger partial charge in [-0.2, -0.15) is 0 Å². The molecule has 0 radical (unpaired) electrons. The van der Waals surface area contributed by atoms with Crippen molar-refractivity contribution in [1.29, 1.82) is 0 Å². The maximum absolute atomic E-state index is 6.19. The van der Waals surface area contributed by atoms with Crippen molar-refractivity contribution in [3.05, 3.63) is 33.8 Å². The molecule has 2 unspecified atom stereocenters. The molecule has 1 N–H and O–H groups in total. The van der Waals surface area contributed by atoms with Gasteiger partial charge < -0.3 is 10.1 Å². The molecule has 94 valence electrons. The zero-order chi connectivity index (χ0) is 12.3. The lowest BCUT2D eigenvalue weighted by atomic mass is 10.1. The molecule has 4 heteroatoms. The maximum atomic E-state index is 6.19. The Labute approximate surface area is 112 Å². The molecule has 1 aliphatic heterocycles. The monoisotopic (exact) mass is 273 g/mol. The predicted molar refractivity (Wildman–Crippen MR) is 71.9 cm³/mol. The Kier molecular flexibility index (Phi) is 4.69. The second-order valence-corrected chi connectivity index (χ2v) is 5.17. The minimum absolute atomic E-state index is 0.0244. The summed E-state index contributed by atoms with van der Waals surface area (Å²) >= 11 is 12.1. The normalized spacial score (nSPS) is 25.6. The zero-order valence-corrected chi connectivity index (χ0v) is 11.4. The topological polar surface area (TPSA) is 21.3 Å². The molecule has 1 aromatic carbocycles. The smallest absolute Gasteiger partial charge is 0.0963 e. The van der Waals surface area contributed by atoms with Crippen molar-refractivity contribution in [3.8, 4) is 0 Å². The number of hydrogen-bond donors (Lipinski definition) is 1. The third-order valence-corrected chi connectivity index (χ3v) is 3.74. The molecule has 0 bridgehead atoms. The quantitative estimate of drug-likeness (QED) is 0.885. The summed E-state index contributed by atoms with van der Waals surface area (Å²) < 4.78 is 5.85. The van der Waals surface area contributed by atoms with Gasteiger partial charge in [0.15, 0.2) is 0 Å². The summed E-state index contributed by atoms with van der Waals surface area (Å²) in [7, 11) is 0. The van der Waals surface area contributed by atoms with Crippen molar-refractivity contribution in [2.75, 3.05) is 13.2 Å². The van der Waals surface area contributed by atoms with Crippen molar-refractivity contribution in [2.24, 2.45) is 0 Å². The number of rotatable bonds is 2. The Bertz CT molecular complexity index is 384. The molecule has 0 aromatic heterocycles. The fourth-order valence-electron chi connectivity index (χ4n) is 2.10. The number of ether oxygens (including phenoxy) is 1. The predicted octanol–water partition coefficient (Wildman–Crippen LogP) is 3.82. The van der Waals surface area contributed by atoms with E-state index in [-0.39, 0.29) is 6.10 Å². The third kappa shape index (κ3) is 3.35. The highest BCUT2D eigenvalue weighted by Crippen LogP contribution is 2.29. The second-order valence-electron chi connectivity index (χ2n) is 4.33. The van der Waals surface area contributed by atoms with Crippen molar-refractivity contribution in [2.45, 2.75) is 31.9 Å². The largest absolute Gasteiger partial charge is 0.372 e. The molecule has 1 saturated heterocycles. The summed E-state index contributed by atoms with van der Waals surface area (Å²) in [5.74, 6) is 0. The average Bonchev–Trinajstić information content (AvgIpc) is 2.54. The molecule has 0 saturated carbocycles. The molecule has 2 rings (SSSR count). The van der Waals surface area contributed by atoms with Gasteiger partial charge in [-0.3, -0.25) is 0 Å². The fraction of sp³-hybridized carbons (Fsp3) is 0.538. The van der Waals surface area contributed by atoms with E-state index in [9.17, 15) is 0 Å². The van der Waals surface area contributed by atoms with Crippen molar-refractivity contribution < 1.29 is 4.74 Å². The van der Waals surface area contributed by atoms with Crippen LogP contribution in [0.4, 0.5) is 0 Å². The van der Waals surface area contributed by atoms with Gasteiger partial charge >= 0.3 is 0 Å². The average molecular weight is 274 g/mol. The van der Waals surface area contributed by atoms with Crippen LogP contribution in [0.3, 0.4) is 0 Å². The standard InChI is InChI=1S/C13H17Cl2NO/c1-2-10-5-6-17-13(8-16-10)11-4-3-9(14)7-12(11)15/h3-4,7,10,13,16H,2,5-6,8H2,1H3. The molecule has 0 amide bonds. The minimum atomic E-state index is 0.0244. The Morgan fingerprint density at radius 2 is 2.24 bits per heavy atom. The number of hydrogen-bond acceptors (Lipinski definition) is 2. The summed E-state index contributed by atoms with van der Waals surface area (Å²) in [6, 6.07) is 6.12. The summed E-state index contributed by atoms with van der Waals surface area (Å²) in [6.45, 7) is 3.77. The highest BCUT2D eigenvalue weighted by atomic mass is 35.5. The SMILES string of the molecule is CCC1CCOC(c2ccc(Cl)cc2Cl)CN1. The van der Waals surface area contributed by atoms with Gasteiger partial charge in [0.25, 0.3) is 0 Å². The van der Waals surface area contributed by atoms with E-state index in [0.717, 1.165) is 31.6 Å². The molecule has 2 atom stereocenters. The molecule has 1 aliphatic rings. The van der Waals surface area contributed by atoms with E-state index in [4.69, 9.17) is 27.9 Å². The van der Waals surface area contributed by atoms with Crippen LogP contribution in [-0.2, 0) is 4.74 Å². The van der Waals surface area contributed by atoms with E-state index < -0.39 is 0 Å². The zero-order valence-electron chi connectivity index (χ0n) is 9.88. The summed E-state index contributed by atoms with van der Waals surface area (Å²) in [6.07, 6.45) is 2.21. The second kappa shape index (κ2) is 6.05. The lowest BCUT2D eigenvalue weighted by Crippen LogP contribution is -2.29. The molecule has 1 aromatic rings. The molecule has 1 fully saturated rings. The molecule has 1 heterocycles. The van der Waals surface area contributed by atoms with Gasteiger partial charge in [-0.25, -0.2) is 0 Å². The van der Waals surface area contributed by atoms with E-state index in [1.165, 1.54) is 0 Å². The van der Waals surface area contributed by atoms with Crippen LogP contribution in [-0.4, -0.2) is 19.2 Å². The number of benzene rings is 1. The molecule has 0 aliphatic carbocycles. The summed E-state index contributed by atoms with van der Waals surface area (Å²) in [4.78, 5) is 0. The van der Waals surface area contributed by atoms with E-state index >= 15 is 0 Å². The number of nitrogens with one attached hydrogen (secondary N) is 1. The van der Waals surface area contributed by atoms with Crippen molar-refractivity contribution >= 4 is 23.2 Å². The van der Waals surface area contributed by atoms with E-state index in [0.29, 0.717) is 16.1 Å². The van der Waals surface area contributed by atoms with Crippen LogP contribution in [0.25, 0.3) is 0 Å². The molecular formula is C13H17Cl2NO. The maximum Gasteiger partial charge on any atom is 0.0963 e. The fourth-order valence-corrected chi connectivity index (χ4v) is 2.63. The Morgan fingerprint density at radius 3 is 2.94 bits per heavy atom. The van der Waals surface area contributed by atoms with Crippen molar-refractivity contribution in [1.82, 2.24) is 5.32 Å². The van der Waals surface area contributed by atoms with Gasteiger partial charge in [0.1, 0.15) is 0 Å². The molecule has 17 heavy (non-hydrogen) atoms. The van der Waals surface area contributed by atoms with Gasteiger partial charge in [0, 0.05) is 34.8 Å². The lowest BCUT2D eigenvalue weighted by Gasteiger charge is -2.17. The first kappa shape index (κ1) is 13.2. The first-order valence-corrected chi connectivity index (χ1v) is 6.76. The van der Waals surface area contributed by atoms with Crippen LogP contribution < -0.4 is 5.32 Å².